The molecular weight excluding hydrogens is 306 g/mol. The van der Waals surface area contributed by atoms with Gasteiger partial charge in [-0.3, -0.25) is 0 Å². The van der Waals surface area contributed by atoms with E-state index in [0.717, 1.165) is 16.6 Å². The van der Waals surface area contributed by atoms with Gasteiger partial charge in [0.2, 0.25) is 0 Å². The number of benzene rings is 2. The van der Waals surface area contributed by atoms with Crippen molar-refractivity contribution in [3.8, 4) is 11.8 Å². The normalized spacial score (nSPS) is 11.2. The number of aromatic amines is 1. The lowest BCUT2D eigenvalue weighted by atomic mass is 10.1. The smallest absolute Gasteiger partial charge is 0.341 e. The molecule has 6 nitrogen and oxygen atoms in total. The van der Waals surface area contributed by atoms with Gasteiger partial charge >= 0.3 is 5.97 Å². The number of rotatable bonds is 5. The molecule has 0 atom stereocenters. The number of fused-ring (bicyclic) bond motifs is 1. The fourth-order valence-electron chi connectivity index (χ4n) is 2.21. The lowest BCUT2D eigenvalue weighted by Gasteiger charge is -2.03. The van der Waals surface area contributed by atoms with Crippen molar-refractivity contribution in [2.45, 2.75) is 0 Å². The van der Waals surface area contributed by atoms with E-state index in [1.807, 2.05) is 24.3 Å². The van der Waals surface area contributed by atoms with Crippen LogP contribution in [0.3, 0.4) is 0 Å². The van der Waals surface area contributed by atoms with Gasteiger partial charge in [0, 0.05) is 0 Å². The summed E-state index contributed by atoms with van der Waals surface area (Å²) < 4.78 is 5.07. The van der Waals surface area contributed by atoms with Gasteiger partial charge in [-0.15, -0.1) is 0 Å². The van der Waals surface area contributed by atoms with Crippen LogP contribution in [0.2, 0.25) is 0 Å². The molecule has 0 saturated heterocycles. The second-order valence-electron chi connectivity index (χ2n) is 5.02. The number of allylic oxidation sites excluding steroid dienone is 1. The number of carboxylic acids is 1. The number of imidazole rings is 1. The Morgan fingerprint density at radius 3 is 2.67 bits per heavy atom. The molecule has 1 aromatic heterocycles. The molecule has 0 spiro atoms. The van der Waals surface area contributed by atoms with Crippen LogP contribution in [-0.4, -0.2) is 27.7 Å². The molecule has 24 heavy (non-hydrogen) atoms. The third-order valence-electron chi connectivity index (χ3n) is 3.32. The number of hydrogen-bond donors (Lipinski definition) is 2. The minimum Gasteiger partial charge on any atom is -0.482 e. The summed E-state index contributed by atoms with van der Waals surface area (Å²) in [5.74, 6) is -0.0719. The average Bonchev–Trinajstić information content (AvgIpc) is 3.02. The highest BCUT2D eigenvalue weighted by atomic mass is 16.5. The van der Waals surface area contributed by atoms with Crippen LogP contribution < -0.4 is 4.74 Å². The number of nitrogens with zero attached hydrogens (tertiary/aromatic N) is 2. The molecule has 0 aliphatic heterocycles. The predicted octanol–water partition coefficient (Wildman–Crippen LogP) is 3.09. The fraction of sp³-hybridized carbons (Fsp3) is 0.0556. The van der Waals surface area contributed by atoms with Crippen LogP contribution in [-0.2, 0) is 4.79 Å². The van der Waals surface area contributed by atoms with Gasteiger partial charge in [-0.25, -0.2) is 9.78 Å². The molecule has 0 aliphatic rings. The van der Waals surface area contributed by atoms with E-state index in [1.165, 1.54) is 0 Å². The number of nitriles is 1. The van der Waals surface area contributed by atoms with E-state index >= 15 is 0 Å². The summed E-state index contributed by atoms with van der Waals surface area (Å²) in [7, 11) is 0. The van der Waals surface area contributed by atoms with Crippen molar-refractivity contribution >= 4 is 28.7 Å². The van der Waals surface area contributed by atoms with Crippen LogP contribution in [0.1, 0.15) is 11.4 Å². The Bertz CT molecular complexity index is 917. The number of carboxylic acid groups (broad SMARTS) is 1. The largest absolute Gasteiger partial charge is 0.482 e. The van der Waals surface area contributed by atoms with E-state index in [2.05, 4.69) is 16.0 Å². The van der Waals surface area contributed by atoms with Gasteiger partial charge < -0.3 is 14.8 Å². The fourth-order valence-corrected chi connectivity index (χ4v) is 2.21. The summed E-state index contributed by atoms with van der Waals surface area (Å²) in [5.41, 5.74) is 2.86. The first kappa shape index (κ1) is 15.3. The highest BCUT2D eigenvalue weighted by Gasteiger charge is 2.07. The minimum atomic E-state index is -1.03. The molecule has 118 valence electrons. The number of para-hydroxylation sites is 2. The van der Waals surface area contributed by atoms with Gasteiger partial charge in [0.15, 0.2) is 6.61 Å². The first-order chi connectivity index (χ1) is 11.7. The number of H-pyrrole nitrogens is 1. The third-order valence-corrected chi connectivity index (χ3v) is 3.32. The van der Waals surface area contributed by atoms with Gasteiger partial charge in [-0.1, -0.05) is 24.3 Å². The summed E-state index contributed by atoms with van der Waals surface area (Å²) >= 11 is 0. The monoisotopic (exact) mass is 319 g/mol. The molecular formula is C18H13N3O3. The topological polar surface area (TPSA) is 99.0 Å². The lowest BCUT2D eigenvalue weighted by molar-refractivity contribution is -0.139. The van der Waals surface area contributed by atoms with E-state index in [0.29, 0.717) is 17.1 Å². The molecule has 0 saturated carbocycles. The van der Waals surface area contributed by atoms with Crippen LogP contribution in [0.15, 0.2) is 48.5 Å². The van der Waals surface area contributed by atoms with Crippen molar-refractivity contribution in [2.24, 2.45) is 0 Å². The van der Waals surface area contributed by atoms with Crippen LogP contribution >= 0.6 is 0 Å². The van der Waals surface area contributed by atoms with Gasteiger partial charge in [-0.2, -0.15) is 5.26 Å². The summed E-state index contributed by atoms with van der Waals surface area (Å²) in [5, 5.41) is 18.0. The van der Waals surface area contributed by atoms with Gasteiger partial charge in [-0.05, 0) is 35.9 Å². The Balaban J connectivity index is 1.85. The minimum absolute atomic E-state index is 0.391. The predicted molar refractivity (Wildman–Crippen MR) is 89.2 cm³/mol. The van der Waals surface area contributed by atoms with Crippen molar-refractivity contribution in [1.82, 2.24) is 9.97 Å². The zero-order valence-corrected chi connectivity index (χ0v) is 12.6. The maximum atomic E-state index is 10.5. The molecule has 0 fully saturated rings. The Morgan fingerprint density at radius 2 is 2.00 bits per heavy atom. The second kappa shape index (κ2) is 6.67. The quantitative estimate of drug-likeness (QED) is 0.704. The highest BCUT2D eigenvalue weighted by molar-refractivity contribution is 5.90. The molecule has 0 aliphatic carbocycles. The van der Waals surface area contributed by atoms with Gasteiger partial charge in [0.05, 0.1) is 16.6 Å². The number of hydrogen-bond acceptors (Lipinski definition) is 4. The van der Waals surface area contributed by atoms with Crippen LogP contribution in [0.4, 0.5) is 0 Å². The van der Waals surface area contributed by atoms with Crippen molar-refractivity contribution < 1.29 is 14.6 Å². The molecule has 0 radical (unpaired) electrons. The summed E-state index contributed by atoms with van der Waals surface area (Å²) in [4.78, 5) is 18.0. The molecule has 0 unspecified atom stereocenters. The van der Waals surface area contributed by atoms with E-state index in [9.17, 15) is 10.1 Å². The van der Waals surface area contributed by atoms with Crippen LogP contribution in [0, 0.1) is 11.3 Å². The third kappa shape index (κ3) is 3.42. The van der Waals surface area contributed by atoms with E-state index < -0.39 is 12.6 Å². The second-order valence-corrected chi connectivity index (χ2v) is 5.02. The molecule has 2 N–H and O–H groups in total. The number of nitrogens with one attached hydrogen (secondary N) is 1. The van der Waals surface area contributed by atoms with Crippen LogP contribution in [0.25, 0.3) is 22.7 Å². The maximum Gasteiger partial charge on any atom is 0.341 e. The van der Waals surface area contributed by atoms with Crippen LogP contribution in [0.5, 0.6) is 5.75 Å². The summed E-state index contributed by atoms with van der Waals surface area (Å²) in [6.45, 7) is -0.391. The molecule has 2 aromatic carbocycles. The molecule has 6 heteroatoms. The molecule has 3 rings (SSSR count). The Labute approximate surface area is 137 Å². The zero-order valence-electron chi connectivity index (χ0n) is 12.6. The Kier molecular flexibility index (Phi) is 4.25. The van der Waals surface area contributed by atoms with Crippen molar-refractivity contribution in [1.29, 1.82) is 5.26 Å². The van der Waals surface area contributed by atoms with Gasteiger partial charge in [0.25, 0.3) is 0 Å². The Morgan fingerprint density at radius 1 is 1.25 bits per heavy atom. The van der Waals surface area contributed by atoms with Crippen molar-refractivity contribution in [2.75, 3.05) is 6.61 Å². The summed E-state index contributed by atoms with van der Waals surface area (Å²) in [6, 6.07) is 16.5. The molecule has 1 heterocycles. The number of carbonyl (C=O) groups is 1. The zero-order chi connectivity index (χ0) is 16.9. The molecule has 0 amide bonds. The SMILES string of the molecule is N#CC(=Cc1ccc(OCC(=O)O)cc1)c1nc2ccccc2[nH]1. The highest BCUT2D eigenvalue weighted by Crippen LogP contribution is 2.20. The lowest BCUT2D eigenvalue weighted by Crippen LogP contribution is -2.09. The molecule has 0 bridgehead atoms. The Hall–Kier alpha value is -3.59. The number of aromatic nitrogens is 2. The number of ether oxygens (including phenoxy) is 1. The first-order valence-electron chi connectivity index (χ1n) is 7.17. The van der Waals surface area contributed by atoms with Crippen molar-refractivity contribution in [3.63, 3.8) is 0 Å². The number of aliphatic carboxylic acids is 1. The summed E-state index contributed by atoms with van der Waals surface area (Å²) in [6.07, 6.45) is 1.71. The van der Waals surface area contributed by atoms with Crippen molar-refractivity contribution in [3.05, 3.63) is 59.9 Å². The van der Waals surface area contributed by atoms with E-state index in [4.69, 9.17) is 9.84 Å². The maximum absolute atomic E-state index is 10.5. The first-order valence-corrected chi connectivity index (χ1v) is 7.17. The van der Waals surface area contributed by atoms with Gasteiger partial charge in [0.1, 0.15) is 17.6 Å². The molecule has 3 aromatic rings. The van der Waals surface area contributed by atoms with E-state index in [1.54, 1.807) is 30.3 Å². The average molecular weight is 319 g/mol. The van der Waals surface area contributed by atoms with E-state index in [-0.39, 0.29) is 0 Å². The standard InChI is InChI=1S/C18H13N3O3/c19-10-13(18-20-15-3-1-2-4-16(15)21-18)9-12-5-7-14(8-6-12)24-11-17(22)23/h1-9H,11H2,(H,20,21)(H,22,23).